The third-order valence-electron chi connectivity index (χ3n) is 5.45. The molecule has 1 amide bonds. The van der Waals surface area contributed by atoms with Crippen LogP contribution in [0.25, 0.3) is 22.0 Å². The highest BCUT2D eigenvalue weighted by atomic mass is 16.3. The van der Waals surface area contributed by atoms with E-state index in [9.17, 15) is 9.90 Å². The maximum absolute atomic E-state index is 11.8. The number of nitrogens with one attached hydrogen (secondary N) is 1. The van der Waals surface area contributed by atoms with Gasteiger partial charge in [-0.2, -0.15) is 5.10 Å². The number of nitrogens with zero attached hydrogens (tertiary/aromatic N) is 2. The molecule has 27 heavy (non-hydrogen) atoms. The summed E-state index contributed by atoms with van der Waals surface area (Å²) in [4.78, 5) is 13.7. The van der Waals surface area contributed by atoms with E-state index < -0.39 is 0 Å². The number of phenolic OH excluding ortho intramolecular Hbond substituents is 1. The summed E-state index contributed by atoms with van der Waals surface area (Å²) in [5.74, 6) is 0.842. The lowest BCUT2D eigenvalue weighted by atomic mass is 9.87. The second kappa shape index (κ2) is 7.27. The molecule has 4 rings (SSSR count). The summed E-state index contributed by atoms with van der Waals surface area (Å²) >= 11 is 0. The number of carbonyl (C=O) groups excluding carboxylic acids is 1. The van der Waals surface area contributed by atoms with E-state index in [0.29, 0.717) is 5.92 Å². The van der Waals surface area contributed by atoms with Crippen LogP contribution >= 0.6 is 0 Å². The Morgan fingerprint density at radius 2 is 1.96 bits per heavy atom. The molecule has 2 aromatic carbocycles. The van der Waals surface area contributed by atoms with E-state index >= 15 is 0 Å². The highest BCUT2D eigenvalue weighted by molar-refractivity contribution is 5.88. The van der Waals surface area contributed by atoms with Crippen LogP contribution in [0, 0.1) is 5.92 Å². The molecule has 1 fully saturated rings. The number of hydrogen-bond acceptors (Lipinski definition) is 3. The molecule has 3 aromatic rings. The Bertz CT molecular complexity index is 967. The van der Waals surface area contributed by atoms with Crippen LogP contribution in [0.1, 0.15) is 18.4 Å². The minimum absolute atomic E-state index is 0.0278. The first-order valence-corrected chi connectivity index (χ1v) is 9.31. The number of aromatic amines is 1. The maximum atomic E-state index is 11.8. The monoisotopic (exact) mass is 361 g/mol. The van der Waals surface area contributed by atoms with E-state index in [1.165, 1.54) is 11.6 Å². The summed E-state index contributed by atoms with van der Waals surface area (Å²) in [6.45, 7) is 5.16. The topological polar surface area (TPSA) is 69.2 Å². The summed E-state index contributed by atoms with van der Waals surface area (Å²) in [6, 6.07) is 11.6. The van der Waals surface area contributed by atoms with Gasteiger partial charge in [0, 0.05) is 18.5 Å². The number of piperidine rings is 1. The molecular formula is C22H23N3O2. The molecule has 1 aliphatic rings. The van der Waals surface area contributed by atoms with Gasteiger partial charge in [-0.05, 0) is 66.1 Å². The number of carbonyl (C=O) groups is 1. The zero-order chi connectivity index (χ0) is 18.8. The number of H-pyrrole nitrogens is 1. The van der Waals surface area contributed by atoms with Crippen LogP contribution in [0.3, 0.4) is 0 Å². The van der Waals surface area contributed by atoms with Crippen molar-refractivity contribution in [2.45, 2.75) is 19.3 Å². The average Bonchev–Trinajstić information content (AvgIpc) is 3.17. The van der Waals surface area contributed by atoms with Crippen LogP contribution in [0.2, 0.25) is 0 Å². The van der Waals surface area contributed by atoms with Crippen molar-refractivity contribution >= 4 is 16.8 Å². The van der Waals surface area contributed by atoms with Crippen molar-refractivity contribution < 1.29 is 9.90 Å². The second-order valence-corrected chi connectivity index (χ2v) is 7.19. The van der Waals surface area contributed by atoms with Crippen molar-refractivity contribution in [2.24, 2.45) is 5.92 Å². The van der Waals surface area contributed by atoms with Crippen LogP contribution < -0.4 is 0 Å². The Morgan fingerprint density at radius 3 is 2.67 bits per heavy atom. The standard InChI is InChI=1S/C22H23N3O2/c1-2-22(27)25-9-7-15(8-10-25)11-18-12-17(13-21-20(18)14-23-24-21)16-3-5-19(26)6-4-16/h2-6,12-15,26H,1,7-11H2,(H,23,24). The summed E-state index contributed by atoms with van der Waals surface area (Å²) in [6.07, 6.45) is 6.26. The van der Waals surface area contributed by atoms with Gasteiger partial charge in [0.05, 0.1) is 11.7 Å². The zero-order valence-electron chi connectivity index (χ0n) is 15.2. The lowest BCUT2D eigenvalue weighted by Crippen LogP contribution is -2.37. The quantitative estimate of drug-likeness (QED) is 0.693. The minimum atomic E-state index is 0.0278. The van der Waals surface area contributed by atoms with Gasteiger partial charge in [0.25, 0.3) is 0 Å². The molecule has 5 heteroatoms. The fourth-order valence-corrected chi connectivity index (χ4v) is 3.91. The summed E-state index contributed by atoms with van der Waals surface area (Å²) in [5.41, 5.74) is 4.48. The number of hydrogen-bond donors (Lipinski definition) is 2. The molecule has 2 N–H and O–H groups in total. The van der Waals surface area contributed by atoms with Gasteiger partial charge in [-0.15, -0.1) is 0 Å². The van der Waals surface area contributed by atoms with Crippen molar-refractivity contribution in [1.82, 2.24) is 15.1 Å². The van der Waals surface area contributed by atoms with Crippen LogP contribution in [-0.2, 0) is 11.2 Å². The summed E-state index contributed by atoms with van der Waals surface area (Å²) < 4.78 is 0. The second-order valence-electron chi connectivity index (χ2n) is 7.19. The van der Waals surface area contributed by atoms with Gasteiger partial charge in [0.15, 0.2) is 0 Å². The van der Waals surface area contributed by atoms with Crippen molar-refractivity contribution in [3.63, 3.8) is 0 Å². The molecule has 1 aromatic heterocycles. The Balaban J connectivity index is 1.58. The highest BCUT2D eigenvalue weighted by Gasteiger charge is 2.22. The number of benzene rings is 2. The minimum Gasteiger partial charge on any atom is -0.508 e. The molecule has 138 valence electrons. The number of aromatic hydroxyl groups is 1. The van der Waals surface area contributed by atoms with E-state index in [4.69, 9.17) is 0 Å². The molecular weight excluding hydrogens is 338 g/mol. The van der Waals surface area contributed by atoms with E-state index in [0.717, 1.165) is 54.4 Å². The van der Waals surface area contributed by atoms with Crippen molar-refractivity contribution in [1.29, 1.82) is 0 Å². The summed E-state index contributed by atoms with van der Waals surface area (Å²) in [5, 5.41) is 18.0. The largest absolute Gasteiger partial charge is 0.508 e. The van der Waals surface area contributed by atoms with Gasteiger partial charge in [0.1, 0.15) is 5.75 Å². The van der Waals surface area contributed by atoms with Gasteiger partial charge >= 0.3 is 0 Å². The molecule has 0 atom stereocenters. The maximum Gasteiger partial charge on any atom is 0.245 e. The van der Waals surface area contributed by atoms with Crippen LogP contribution in [0.5, 0.6) is 5.75 Å². The normalized spacial score (nSPS) is 15.2. The van der Waals surface area contributed by atoms with Gasteiger partial charge < -0.3 is 10.0 Å². The Hall–Kier alpha value is -3.08. The van der Waals surface area contributed by atoms with Crippen LogP contribution in [-0.4, -0.2) is 39.2 Å². The number of aromatic nitrogens is 2. The first kappa shape index (κ1) is 17.3. The number of rotatable bonds is 4. The van der Waals surface area contributed by atoms with Crippen LogP contribution in [0.15, 0.2) is 55.3 Å². The highest BCUT2D eigenvalue weighted by Crippen LogP contribution is 2.31. The fourth-order valence-electron chi connectivity index (χ4n) is 3.91. The fraction of sp³-hybridized carbons (Fsp3) is 0.273. The van der Waals surface area contributed by atoms with E-state index in [1.807, 2.05) is 23.2 Å². The molecule has 0 saturated carbocycles. The number of amides is 1. The SMILES string of the molecule is C=CC(=O)N1CCC(Cc2cc(-c3ccc(O)cc3)cc3[nH]ncc23)CC1. The molecule has 0 unspecified atom stereocenters. The van der Waals surface area contributed by atoms with E-state index in [1.54, 1.807) is 12.1 Å². The van der Waals surface area contributed by atoms with Crippen molar-refractivity contribution in [2.75, 3.05) is 13.1 Å². The summed E-state index contributed by atoms with van der Waals surface area (Å²) in [7, 11) is 0. The Kier molecular flexibility index (Phi) is 4.67. The number of likely N-dealkylation sites (tertiary alicyclic amines) is 1. The first-order valence-electron chi connectivity index (χ1n) is 9.31. The smallest absolute Gasteiger partial charge is 0.245 e. The van der Waals surface area contributed by atoms with Crippen molar-refractivity contribution in [3.8, 4) is 16.9 Å². The van der Waals surface area contributed by atoms with E-state index in [-0.39, 0.29) is 11.7 Å². The third kappa shape index (κ3) is 3.58. The molecule has 0 spiro atoms. The van der Waals surface area contributed by atoms with Crippen molar-refractivity contribution in [3.05, 3.63) is 60.8 Å². The lowest BCUT2D eigenvalue weighted by molar-refractivity contribution is -0.127. The molecule has 1 aliphatic heterocycles. The zero-order valence-corrected chi connectivity index (χ0v) is 15.2. The molecule has 0 radical (unpaired) electrons. The van der Waals surface area contributed by atoms with Gasteiger partial charge in [-0.25, -0.2) is 0 Å². The molecule has 1 saturated heterocycles. The predicted octanol–water partition coefficient (Wildman–Crippen LogP) is 3.90. The van der Waals surface area contributed by atoms with E-state index in [2.05, 4.69) is 28.9 Å². The first-order chi connectivity index (χ1) is 13.1. The average molecular weight is 361 g/mol. The number of fused-ring (bicyclic) bond motifs is 1. The Morgan fingerprint density at radius 1 is 1.22 bits per heavy atom. The lowest BCUT2D eigenvalue weighted by Gasteiger charge is -2.31. The number of phenols is 1. The molecule has 0 aliphatic carbocycles. The van der Waals surface area contributed by atoms with Gasteiger partial charge in [-0.3, -0.25) is 9.89 Å². The van der Waals surface area contributed by atoms with Gasteiger partial charge in [-0.1, -0.05) is 24.8 Å². The van der Waals surface area contributed by atoms with Gasteiger partial charge in [0.2, 0.25) is 5.91 Å². The molecule has 0 bridgehead atoms. The molecule has 2 heterocycles. The Labute approximate surface area is 158 Å². The predicted molar refractivity (Wildman–Crippen MR) is 106 cm³/mol. The van der Waals surface area contributed by atoms with Crippen LogP contribution in [0.4, 0.5) is 0 Å². The third-order valence-corrected chi connectivity index (χ3v) is 5.45. The molecule has 5 nitrogen and oxygen atoms in total.